The zero-order valence-electron chi connectivity index (χ0n) is 16.6. The summed E-state index contributed by atoms with van der Waals surface area (Å²) >= 11 is 1.08. The second kappa shape index (κ2) is 8.45. The molecule has 2 aliphatic rings. The van der Waals surface area contributed by atoms with Gasteiger partial charge in [0.15, 0.2) is 5.78 Å². The largest absolute Gasteiger partial charge is 0.398 e. The molecule has 0 aromatic heterocycles. The molecule has 0 fully saturated rings. The number of hydrogen-bond donors (Lipinski definition) is 2. The van der Waals surface area contributed by atoms with E-state index in [1.807, 2.05) is 38.1 Å². The zero-order chi connectivity index (χ0) is 21.3. The fourth-order valence-electron chi connectivity index (χ4n) is 3.47. The van der Waals surface area contributed by atoms with Gasteiger partial charge in [0.2, 0.25) is 0 Å². The standard InChI is InChI=1S/C22H21N3O4S/c1-3-25(4-2)28-29-30-14-11-9-13(10-12-14)20-18-17(22(27)24-20)19(23)15-7-5-6-8-16(15)21(18)26/h5-12H,3-4,23H2,1-2H3,(H,24,27). The number of hydrogen-bond acceptors (Lipinski definition) is 7. The molecule has 0 radical (unpaired) electrons. The second-order valence-electron chi connectivity index (χ2n) is 6.73. The number of carbonyl (C=O) groups is 2. The van der Waals surface area contributed by atoms with Crippen molar-refractivity contribution in [3.63, 3.8) is 0 Å². The number of rotatable bonds is 7. The first kappa shape index (κ1) is 20.4. The molecule has 2 aromatic carbocycles. The van der Waals surface area contributed by atoms with Gasteiger partial charge in [-0.2, -0.15) is 5.06 Å². The summed E-state index contributed by atoms with van der Waals surface area (Å²) in [5.41, 5.74) is 9.39. The maximum Gasteiger partial charge on any atom is 0.258 e. The van der Waals surface area contributed by atoms with Gasteiger partial charge < -0.3 is 11.1 Å². The molecule has 7 nitrogen and oxygen atoms in total. The third-order valence-corrected chi connectivity index (χ3v) is 5.63. The van der Waals surface area contributed by atoms with Crippen molar-refractivity contribution in [3.8, 4) is 0 Å². The van der Waals surface area contributed by atoms with Gasteiger partial charge in [0.1, 0.15) is 0 Å². The van der Waals surface area contributed by atoms with Crippen molar-refractivity contribution in [2.75, 3.05) is 13.1 Å². The molecule has 4 rings (SSSR count). The SMILES string of the molecule is CCN(CC)OOSc1ccc(C2=C3C(=O)c4ccccc4C(N)=C3C(=O)N2)cc1. The summed E-state index contributed by atoms with van der Waals surface area (Å²) < 4.78 is 5.18. The van der Waals surface area contributed by atoms with Gasteiger partial charge in [0, 0.05) is 29.1 Å². The predicted molar refractivity (Wildman–Crippen MR) is 114 cm³/mol. The van der Waals surface area contributed by atoms with Crippen LogP contribution in [0, 0.1) is 0 Å². The van der Waals surface area contributed by atoms with Gasteiger partial charge in [-0.05, 0) is 31.5 Å². The van der Waals surface area contributed by atoms with Gasteiger partial charge in [-0.25, -0.2) is 0 Å². The van der Waals surface area contributed by atoms with Crippen molar-refractivity contribution < 1.29 is 18.9 Å². The van der Waals surface area contributed by atoms with Crippen LogP contribution in [0.5, 0.6) is 0 Å². The Morgan fingerprint density at radius 2 is 1.63 bits per heavy atom. The lowest BCUT2D eigenvalue weighted by Crippen LogP contribution is -2.22. The average molecular weight is 423 g/mol. The van der Waals surface area contributed by atoms with Gasteiger partial charge in [-0.3, -0.25) is 9.59 Å². The predicted octanol–water partition coefficient (Wildman–Crippen LogP) is 3.31. The molecule has 0 saturated carbocycles. The van der Waals surface area contributed by atoms with Crippen molar-refractivity contribution >= 4 is 35.1 Å². The number of nitrogens with zero attached hydrogens (tertiary/aromatic N) is 1. The molecule has 0 unspecified atom stereocenters. The maximum atomic E-state index is 13.1. The Bertz CT molecular complexity index is 1070. The molecule has 3 N–H and O–H groups in total. The minimum atomic E-state index is -0.366. The summed E-state index contributed by atoms with van der Waals surface area (Å²) in [5.74, 6) is -0.577. The lowest BCUT2D eigenvalue weighted by atomic mass is 9.84. The molecule has 154 valence electrons. The maximum absolute atomic E-state index is 13.1. The van der Waals surface area contributed by atoms with Gasteiger partial charge in [0.05, 0.1) is 34.6 Å². The third-order valence-electron chi connectivity index (χ3n) is 5.04. The fourth-order valence-corrected chi connectivity index (χ4v) is 3.91. The molecule has 1 aliphatic heterocycles. The number of nitrogens with two attached hydrogens (primary N) is 1. The van der Waals surface area contributed by atoms with E-state index in [-0.39, 0.29) is 17.3 Å². The monoisotopic (exact) mass is 423 g/mol. The van der Waals surface area contributed by atoms with Crippen molar-refractivity contribution in [2.45, 2.75) is 18.7 Å². The Labute approximate surface area is 178 Å². The van der Waals surface area contributed by atoms with E-state index in [4.69, 9.17) is 15.1 Å². The van der Waals surface area contributed by atoms with Crippen molar-refractivity contribution in [1.29, 1.82) is 0 Å². The summed E-state index contributed by atoms with van der Waals surface area (Å²) in [4.78, 5) is 31.7. The number of Topliss-reactive ketones (excluding diaryl/α,β-unsaturated/α-hetero) is 1. The molecule has 0 atom stereocenters. The van der Waals surface area contributed by atoms with Crippen molar-refractivity contribution in [1.82, 2.24) is 10.4 Å². The number of benzene rings is 2. The van der Waals surface area contributed by atoms with E-state index in [0.29, 0.717) is 46.7 Å². The smallest absolute Gasteiger partial charge is 0.258 e. The van der Waals surface area contributed by atoms with Gasteiger partial charge in [-0.1, -0.05) is 36.4 Å². The van der Waals surface area contributed by atoms with Crippen LogP contribution in [0.3, 0.4) is 0 Å². The summed E-state index contributed by atoms with van der Waals surface area (Å²) in [7, 11) is 0. The minimum absolute atomic E-state index is 0.211. The first-order chi connectivity index (χ1) is 14.5. The van der Waals surface area contributed by atoms with Crippen LogP contribution in [0.4, 0.5) is 0 Å². The normalized spacial score (nSPS) is 15.6. The minimum Gasteiger partial charge on any atom is -0.398 e. The summed E-state index contributed by atoms with van der Waals surface area (Å²) in [5, 5.41) is 4.49. The van der Waals surface area contributed by atoms with Crippen molar-refractivity contribution in [2.24, 2.45) is 5.73 Å². The quantitative estimate of drug-likeness (QED) is 0.401. The first-order valence-electron chi connectivity index (χ1n) is 9.61. The number of hydroxylamine groups is 2. The summed E-state index contributed by atoms with van der Waals surface area (Å²) in [6, 6.07) is 14.4. The fraction of sp³-hybridized carbons (Fsp3) is 0.182. The molecule has 1 amide bonds. The Hall–Kier alpha value is -2.91. The Morgan fingerprint density at radius 1 is 0.967 bits per heavy atom. The van der Waals surface area contributed by atoms with Gasteiger partial charge >= 0.3 is 0 Å². The Balaban J connectivity index is 1.61. The lowest BCUT2D eigenvalue weighted by molar-refractivity contribution is -0.357. The van der Waals surface area contributed by atoms with Crippen LogP contribution in [-0.2, 0) is 14.1 Å². The lowest BCUT2D eigenvalue weighted by Gasteiger charge is -2.18. The van der Waals surface area contributed by atoms with E-state index < -0.39 is 0 Å². The highest BCUT2D eigenvalue weighted by Gasteiger charge is 2.39. The highest BCUT2D eigenvalue weighted by atomic mass is 32.2. The zero-order valence-corrected chi connectivity index (χ0v) is 17.4. The highest BCUT2D eigenvalue weighted by Crippen LogP contribution is 2.39. The van der Waals surface area contributed by atoms with Crippen LogP contribution in [0.15, 0.2) is 64.6 Å². The second-order valence-corrected chi connectivity index (χ2v) is 7.51. The van der Waals surface area contributed by atoms with Crippen LogP contribution in [0.25, 0.3) is 11.4 Å². The van der Waals surface area contributed by atoms with Crippen LogP contribution in [-0.4, -0.2) is 29.8 Å². The number of nitrogens with one attached hydrogen (secondary N) is 1. The van der Waals surface area contributed by atoms with E-state index in [1.54, 1.807) is 29.3 Å². The average Bonchev–Trinajstić information content (AvgIpc) is 3.13. The van der Waals surface area contributed by atoms with Crippen LogP contribution >= 0.6 is 12.0 Å². The van der Waals surface area contributed by atoms with Gasteiger partial charge in [-0.15, -0.1) is 9.32 Å². The first-order valence-corrected chi connectivity index (χ1v) is 10.4. The third kappa shape index (κ3) is 3.54. The molecule has 0 spiro atoms. The molecule has 2 aromatic rings. The molecular weight excluding hydrogens is 402 g/mol. The number of ketones is 1. The van der Waals surface area contributed by atoms with Crippen LogP contribution in [0.2, 0.25) is 0 Å². The van der Waals surface area contributed by atoms with E-state index in [1.165, 1.54) is 0 Å². The van der Waals surface area contributed by atoms with E-state index in [2.05, 4.69) is 5.32 Å². The molecule has 0 saturated heterocycles. The molecule has 1 heterocycles. The number of fused-ring (bicyclic) bond motifs is 2. The topological polar surface area (TPSA) is 93.9 Å². The number of amides is 1. The van der Waals surface area contributed by atoms with E-state index in [9.17, 15) is 9.59 Å². The Kier molecular flexibility index (Phi) is 5.74. The summed E-state index contributed by atoms with van der Waals surface area (Å²) in [6.07, 6.45) is 0. The molecule has 0 bridgehead atoms. The summed E-state index contributed by atoms with van der Waals surface area (Å²) in [6.45, 7) is 5.36. The van der Waals surface area contributed by atoms with Crippen LogP contribution < -0.4 is 11.1 Å². The highest BCUT2D eigenvalue weighted by molar-refractivity contribution is 7.94. The van der Waals surface area contributed by atoms with Crippen LogP contribution in [0.1, 0.15) is 35.3 Å². The molecular formula is C22H21N3O4S. The number of carbonyl (C=O) groups excluding carboxylic acids is 2. The Morgan fingerprint density at radius 3 is 2.30 bits per heavy atom. The van der Waals surface area contributed by atoms with E-state index >= 15 is 0 Å². The molecule has 8 heteroatoms. The molecule has 1 aliphatic carbocycles. The van der Waals surface area contributed by atoms with Crippen molar-refractivity contribution in [3.05, 3.63) is 76.4 Å². The van der Waals surface area contributed by atoms with E-state index in [0.717, 1.165) is 16.9 Å². The molecule has 30 heavy (non-hydrogen) atoms. The van der Waals surface area contributed by atoms with Gasteiger partial charge in [0.25, 0.3) is 5.91 Å².